The Morgan fingerprint density at radius 1 is 1.29 bits per heavy atom. The summed E-state index contributed by atoms with van der Waals surface area (Å²) < 4.78 is 10.6. The van der Waals surface area contributed by atoms with Crippen LogP contribution in [0.4, 0.5) is 0 Å². The molecule has 0 aromatic heterocycles. The lowest BCUT2D eigenvalue weighted by molar-refractivity contribution is 0.384. The van der Waals surface area contributed by atoms with Crippen LogP contribution >= 0.6 is 11.6 Å². The van der Waals surface area contributed by atoms with E-state index in [9.17, 15) is 0 Å². The summed E-state index contributed by atoms with van der Waals surface area (Å²) in [6, 6.07) is 4.12. The predicted octanol–water partition coefficient (Wildman–Crippen LogP) is 3.42. The van der Waals surface area contributed by atoms with Gasteiger partial charge in [0.1, 0.15) is 16.5 Å². The van der Waals surface area contributed by atoms with Crippen LogP contribution in [0, 0.1) is 0 Å². The van der Waals surface area contributed by atoms with E-state index < -0.39 is 0 Å². The summed E-state index contributed by atoms with van der Waals surface area (Å²) >= 11 is 6.24. The zero-order valence-corrected chi connectivity index (χ0v) is 11.6. The van der Waals surface area contributed by atoms with E-state index in [2.05, 4.69) is 12.2 Å². The molecular weight excluding hydrogens is 238 g/mol. The van der Waals surface area contributed by atoms with Crippen LogP contribution in [-0.4, -0.2) is 21.3 Å². The fourth-order valence-corrected chi connectivity index (χ4v) is 2.26. The van der Waals surface area contributed by atoms with Crippen molar-refractivity contribution in [2.75, 3.05) is 21.3 Å². The van der Waals surface area contributed by atoms with Gasteiger partial charge in [0.25, 0.3) is 0 Å². The lowest BCUT2D eigenvalue weighted by Crippen LogP contribution is -2.17. The second kappa shape index (κ2) is 6.72. The topological polar surface area (TPSA) is 30.5 Å². The zero-order valence-electron chi connectivity index (χ0n) is 10.8. The van der Waals surface area contributed by atoms with Crippen molar-refractivity contribution in [1.29, 1.82) is 0 Å². The van der Waals surface area contributed by atoms with Crippen molar-refractivity contribution < 1.29 is 9.47 Å². The third-order valence-corrected chi connectivity index (χ3v) is 3.18. The summed E-state index contributed by atoms with van der Waals surface area (Å²) in [5.74, 6) is 1.33. The van der Waals surface area contributed by atoms with Crippen LogP contribution in [0.2, 0.25) is 5.02 Å². The third-order valence-electron chi connectivity index (χ3n) is 2.82. The average molecular weight is 258 g/mol. The van der Waals surface area contributed by atoms with Crippen LogP contribution in [0.1, 0.15) is 31.4 Å². The Morgan fingerprint density at radius 3 is 2.47 bits per heavy atom. The summed E-state index contributed by atoms with van der Waals surface area (Å²) in [6.07, 6.45) is 2.13. The molecule has 1 aromatic rings. The molecule has 0 fully saturated rings. The van der Waals surface area contributed by atoms with Gasteiger partial charge in [-0.25, -0.2) is 0 Å². The Kier molecular flexibility index (Phi) is 5.59. The van der Waals surface area contributed by atoms with E-state index >= 15 is 0 Å². The van der Waals surface area contributed by atoms with Crippen molar-refractivity contribution in [1.82, 2.24) is 5.32 Å². The van der Waals surface area contributed by atoms with Gasteiger partial charge in [-0.2, -0.15) is 0 Å². The quantitative estimate of drug-likeness (QED) is 0.847. The monoisotopic (exact) mass is 257 g/mol. The van der Waals surface area contributed by atoms with Crippen molar-refractivity contribution in [3.05, 3.63) is 22.7 Å². The number of benzene rings is 1. The number of ether oxygens (including phenoxy) is 2. The SMILES string of the molecule is CCCC(NC)c1ccc(OC)c(Cl)c1OC. The van der Waals surface area contributed by atoms with Gasteiger partial charge in [-0.1, -0.05) is 24.9 Å². The molecule has 17 heavy (non-hydrogen) atoms. The van der Waals surface area contributed by atoms with Gasteiger partial charge in [-0.15, -0.1) is 0 Å². The van der Waals surface area contributed by atoms with E-state index in [0.29, 0.717) is 16.5 Å². The summed E-state index contributed by atoms with van der Waals surface area (Å²) in [4.78, 5) is 0. The molecule has 0 saturated carbocycles. The maximum absolute atomic E-state index is 6.24. The average Bonchev–Trinajstić information content (AvgIpc) is 2.35. The Hall–Kier alpha value is -0.930. The molecule has 1 unspecified atom stereocenters. The summed E-state index contributed by atoms with van der Waals surface area (Å²) in [5, 5.41) is 3.81. The van der Waals surface area contributed by atoms with Crippen molar-refractivity contribution in [3.8, 4) is 11.5 Å². The molecular formula is C13H20ClNO2. The highest BCUT2D eigenvalue weighted by Gasteiger charge is 2.18. The van der Waals surface area contributed by atoms with E-state index in [1.807, 2.05) is 19.2 Å². The third kappa shape index (κ3) is 3.05. The Labute approximate surface area is 108 Å². The molecule has 0 saturated heterocycles. The zero-order chi connectivity index (χ0) is 12.8. The molecule has 96 valence electrons. The van der Waals surface area contributed by atoms with Crippen molar-refractivity contribution in [3.63, 3.8) is 0 Å². The van der Waals surface area contributed by atoms with E-state index in [-0.39, 0.29) is 6.04 Å². The first-order valence-corrected chi connectivity index (χ1v) is 6.15. The van der Waals surface area contributed by atoms with E-state index in [0.717, 1.165) is 18.4 Å². The molecule has 4 heteroatoms. The van der Waals surface area contributed by atoms with Crippen LogP contribution in [0.15, 0.2) is 12.1 Å². The van der Waals surface area contributed by atoms with Crippen LogP contribution in [0.3, 0.4) is 0 Å². The van der Waals surface area contributed by atoms with Crippen molar-refractivity contribution in [2.24, 2.45) is 0 Å². The summed E-state index contributed by atoms with van der Waals surface area (Å²) in [7, 11) is 5.17. The number of rotatable bonds is 6. The molecule has 0 aliphatic rings. The minimum absolute atomic E-state index is 0.248. The lowest BCUT2D eigenvalue weighted by atomic mass is 10.0. The first kappa shape index (κ1) is 14.1. The van der Waals surface area contributed by atoms with Gasteiger partial charge in [0.05, 0.1) is 14.2 Å². The highest BCUT2D eigenvalue weighted by atomic mass is 35.5. The van der Waals surface area contributed by atoms with E-state index in [4.69, 9.17) is 21.1 Å². The maximum Gasteiger partial charge on any atom is 0.146 e. The molecule has 3 nitrogen and oxygen atoms in total. The minimum atomic E-state index is 0.248. The molecule has 0 amide bonds. The molecule has 1 aromatic carbocycles. The second-order valence-electron chi connectivity index (χ2n) is 3.83. The Bertz CT molecular complexity index is 369. The van der Waals surface area contributed by atoms with Crippen LogP contribution in [0.25, 0.3) is 0 Å². The van der Waals surface area contributed by atoms with Crippen molar-refractivity contribution >= 4 is 11.6 Å². The highest BCUT2D eigenvalue weighted by molar-refractivity contribution is 6.33. The maximum atomic E-state index is 6.24. The molecule has 1 N–H and O–H groups in total. The second-order valence-corrected chi connectivity index (χ2v) is 4.21. The number of nitrogens with one attached hydrogen (secondary N) is 1. The van der Waals surface area contributed by atoms with Gasteiger partial charge < -0.3 is 14.8 Å². The number of hydrogen-bond donors (Lipinski definition) is 1. The molecule has 0 aliphatic heterocycles. The lowest BCUT2D eigenvalue weighted by Gasteiger charge is -2.20. The first-order chi connectivity index (χ1) is 8.19. The molecule has 1 atom stereocenters. The minimum Gasteiger partial charge on any atom is -0.495 e. The van der Waals surface area contributed by atoms with Gasteiger partial charge >= 0.3 is 0 Å². The fourth-order valence-electron chi connectivity index (χ4n) is 1.94. The van der Waals surface area contributed by atoms with Crippen molar-refractivity contribution in [2.45, 2.75) is 25.8 Å². The Balaban J connectivity index is 3.18. The van der Waals surface area contributed by atoms with Gasteiger partial charge in [-0.05, 0) is 25.6 Å². The van der Waals surface area contributed by atoms with E-state index in [1.54, 1.807) is 14.2 Å². The molecule has 0 spiro atoms. The number of halogens is 1. The van der Waals surface area contributed by atoms with Crippen LogP contribution in [0.5, 0.6) is 11.5 Å². The molecule has 0 radical (unpaired) electrons. The van der Waals surface area contributed by atoms with Crippen LogP contribution in [-0.2, 0) is 0 Å². The smallest absolute Gasteiger partial charge is 0.146 e. The van der Waals surface area contributed by atoms with Gasteiger partial charge in [-0.3, -0.25) is 0 Å². The molecule has 0 heterocycles. The number of methoxy groups -OCH3 is 2. The van der Waals surface area contributed by atoms with Gasteiger partial charge in [0.2, 0.25) is 0 Å². The molecule has 0 bridgehead atoms. The van der Waals surface area contributed by atoms with Gasteiger partial charge in [0, 0.05) is 11.6 Å². The highest BCUT2D eigenvalue weighted by Crippen LogP contribution is 2.40. The fraction of sp³-hybridized carbons (Fsp3) is 0.538. The molecule has 1 rings (SSSR count). The van der Waals surface area contributed by atoms with E-state index in [1.165, 1.54) is 0 Å². The molecule has 0 aliphatic carbocycles. The first-order valence-electron chi connectivity index (χ1n) is 5.77. The van der Waals surface area contributed by atoms with Gasteiger partial charge in [0.15, 0.2) is 0 Å². The normalized spacial score (nSPS) is 12.3. The standard InChI is InChI=1S/C13H20ClNO2/c1-5-6-10(15-2)9-7-8-11(16-3)12(14)13(9)17-4/h7-8,10,15H,5-6H2,1-4H3. The summed E-state index contributed by atoms with van der Waals surface area (Å²) in [6.45, 7) is 2.15. The largest absolute Gasteiger partial charge is 0.495 e. The summed E-state index contributed by atoms with van der Waals surface area (Å²) in [5.41, 5.74) is 1.07. The Morgan fingerprint density at radius 2 is 2.00 bits per heavy atom. The number of hydrogen-bond acceptors (Lipinski definition) is 3. The van der Waals surface area contributed by atoms with Crippen LogP contribution < -0.4 is 14.8 Å². The predicted molar refractivity (Wildman–Crippen MR) is 71.3 cm³/mol.